The Labute approximate surface area is 100 Å². The highest BCUT2D eigenvalue weighted by atomic mass is 32.1. The molecule has 0 atom stereocenters. The van der Waals surface area contributed by atoms with Crippen LogP contribution >= 0.6 is 11.3 Å². The Morgan fingerprint density at radius 2 is 2.44 bits per heavy atom. The largest absolute Gasteiger partial charge is 0.383 e. The van der Waals surface area contributed by atoms with Crippen LogP contribution in [0.1, 0.15) is 4.88 Å². The third-order valence-electron chi connectivity index (χ3n) is 2.16. The van der Waals surface area contributed by atoms with Crippen molar-refractivity contribution in [2.45, 2.75) is 6.54 Å². The van der Waals surface area contributed by atoms with Crippen molar-refractivity contribution in [3.63, 3.8) is 0 Å². The van der Waals surface area contributed by atoms with E-state index in [1.807, 2.05) is 24.6 Å². The normalized spacial score (nSPS) is 10.4. The summed E-state index contributed by atoms with van der Waals surface area (Å²) in [7, 11) is 3.46. The summed E-state index contributed by atoms with van der Waals surface area (Å²) >= 11 is 1.67. The van der Waals surface area contributed by atoms with Gasteiger partial charge in [-0.15, -0.1) is 11.3 Å². The lowest BCUT2D eigenvalue weighted by atomic mass is 10.4. The second kappa shape index (κ2) is 7.38. The van der Waals surface area contributed by atoms with E-state index in [4.69, 9.17) is 4.74 Å². The van der Waals surface area contributed by atoms with Gasteiger partial charge in [-0.05, 0) is 11.4 Å². The zero-order valence-corrected chi connectivity index (χ0v) is 10.5. The monoisotopic (exact) mass is 242 g/mol. The van der Waals surface area contributed by atoms with Gasteiger partial charge in [0.05, 0.1) is 19.7 Å². The van der Waals surface area contributed by atoms with Crippen LogP contribution in [0, 0.1) is 0 Å². The van der Waals surface area contributed by atoms with E-state index >= 15 is 0 Å². The van der Waals surface area contributed by atoms with Crippen LogP contribution in [0.15, 0.2) is 17.5 Å². The number of hydrogen-bond acceptors (Lipinski definition) is 4. The standard InChI is InChI=1S/C11H18N2O2S/c1-13(9-10-4-3-7-16-10)11(14)8-12-5-6-15-2/h3-4,7,12H,5-6,8-9H2,1-2H3. The van der Waals surface area contributed by atoms with Gasteiger partial charge in [0.15, 0.2) is 0 Å². The second-order valence-electron chi connectivity index (χ2n) is 3.50. The van der Waals surface area contributed by atoms with Gasteiger partial charge in [0, 0.05) is 25.6 Å². The minimum atomic E-state index is 0.101. The van der Waals surface area contributed by atoms with E-state index in [9.17, 15) is 4.79 Å². The summed E-state index contributed by atoms with van der Waals surface area (Å²) < 4.78 is 4.88. The van der Waals surface area contributed by atoms with Gasteiger partial charge in [0.1, 0.15) is 0 Å². The van der Waals surface area contributed by atoms with Gasteiger partial charge in [0.2, 0.25) is 5.91 Å². The summed E-state index contributed by atoms with van der Waals surface area (Å²) in [6, 6.07) is 4.03. The summed E-state index contributed by atoms with van der Waals surface area (Å²) in [6.07, 6.45) is 0. The first-order valence-electron chi connectivity index (χ1n) is 5.20. The molecule has 0 bridgehead atoms. The molecular weight excluding hydrogens is 224 g/mol. The summed E-state index contributed by atoms with van der Waals surface area (Å²) in [4.78, 5) is 14.6. The van der Waals surface area contributed by atoms with Gasteiger partial charge in [-0.3, -0.25) is 4.79 Å². The van der Waals surface area contributed by atoms with E-state index in [0.29, 0.717) is 26.2 Å². The smallest absolute Gasteiger partial charge is 0.236 e. The van der Waals surface area contributed by atoms with Crippen molar-refractivity contribution in [2.24, 2.45) is 0 Å². The summed E-state index contributed by atoms with van der Waals surface area (Å²) in [5, 5.41) is 5.05. The molecule has 0 aliphatic heterocycles. The summed E-state index contributed by atoms with van der Waals surface area (Å²) in [6.45, 7) is 2.38. The van der Waals surface area contributed by atoms with Gasteiger partial charge < -0.3 is 15.0 Å². The van der Waals surface area contributed by atoms with Crippen LogP contribution in [0.5, 0.6) is 0 Å². The molecule has 0 fully saturated rings. The predicted octanol–water partition coefficient (Wildman–Crippen LogP) is 0.943. The van der Waals surface area contributed by atoms with Crippen LogP contribution in [-0.4, -0.2) is 44.7 Å². The quantitative estimate of drug-likeness (QED) is 0.724. The number of thiophene rings is 1. The number of carbonyl (C=O) groups excluding carboxylic acids is 1. The van der Waals surface area contributed by atoms with Crippen LogP contribution in [0.4, 0.5) is 0 Å². The molecule has 0 spiro atoms. The molecule has 0 saturated heterocycles. The summed E-state index contributed by atoms with van der Waals surface area (Å²) in [5.74, 6) is 0.101. The van der Waals surface area contributed by atoms with Crippen molar-refractivity contribution in [1.82, 2.24) is 10.2 Å². The minimum Gasteiger partial charge on any atom is -0.383 e. The number of nitrogens with one attached hydrogen (secondary N) is 1. The van der Waals surface area contributed by atoms with Crippen molar-refractivity contribution in [3.8, 4) is 0 Å². The first-order chi connectivity index (χ1) is 7.74. The Morgan fingerprint density at radius 3 is 3.06 bits per heavy atom. The van der Waals surface area contributed by atoms with Gasteiger partial charge in [0.25, 0.3) is 0 Å². The number of methoxy groups -OCH3 is 1. The molecule has 1 aromatic heterocycles. The van der Waals surface area contributed by atoms with Crippen LogP contribution in [0.2, 0.25) is 0 Å². The number of hydrogen-bond donors (Lipinski definition) is 1. The molecule has 5 heteroatoms. The maximum atomic E-state index is 11.7. The Hall–Kier alpha value is -0.910. The number of nitrogens with zero attached hydrogens (tertiary/aromatic N) is 1. The first-order valence-corrected chi connectivity index (χ1v) is 6.08. The van der Waals surface area contributed by atoms with Gasteiger partial charge in [-0.25, -0.2) is 0 Å². The molecule has 0 aliphatic rings. The van der Waals surface area contributed by atoms with Crippen molar-refractivity contribution >= 4 is 17.2 Å². The Morgan fingerprint density at radius 1 is 1.62 bits per heavy atom. The van der Waals surface area contributed by atoms with Gasteiger partial charge in [-0.2, -0.15) is 0 Å². The van der Waals surface area contributed by atoms with Crippen molar-refractivity contribution in [2.75, 3.05) is 33.9 Å². The SMILES string of the molecule is COCCNCC(=O)N(C)Cc1cccs1. The molecule has 1 N–H and O–H groups in total. The van der Waals surface area contributed by atoms with Crippen molar-refractivity contribution < 1.29 is 9.53 Å². The molecule has 0 aromatic carbocycles. The third-order valence-corrected chi connectivity index (χ3v) is 3.02. The van der Waals surface area contributed by atoms with E-state index in [2.05, 4.69) is 5.32 Å². The molecule has 0 unspecified atom stereocenters. The second-order valence-corrected chi connectivity index (χ2v) is 4.53. The molecular formula is C11H18N2O2S. The lowest BCUT2D eigenvalue weighted by Gasteiger charge is -2.16. The predicted molar refractivity (Wildman–Crippen MR) is 65.5 cm³/mol. The molecule has 90 valence electrons. The zero-order valence-electron chi connectivity index (χ0n) is 9.73. The number of ether oxygens (including phenoxy) is 1. The number of likely N-dealkylation sites (N-methyl/N-ethyl adjacent to an activating group) is 1. The van der Waals surface area contributed by atoms with Crippen LogP contribution in [0.3, 0.4) is 0 Å². The molecule has 4 nitrogen and oxygen atoms in total. The maximum Gasteiger partial charge on any atom is 0.236 e. The van der Waals surface area contributed by atoms with Gasteiger partial charge in [-0.1, -0.05) is 6.07 Å². The number of rotatable bonds is 7. The highest BCUT2D eigenvalue weighted by Gasteiger charge is 2.08. The van der Waals surface area contributed by atoms with E-state index in [1.54, 1.807) is 23.3 Å². The molecule has 0 aliphatic carbocycles. The van der Waals surface area contributed by atoms with Crippen LogP contribution < -0.4 is 5.32 Å². The van der Waals surface area contributed by atoms with Gasteiger partial charge >= 0.3 is 0 Å². The first kappa shape index (κ1) is 13.2. The Kier molecular flexibility index (Phi) is 6.07. The molecule has 0 radical (unpaired) electrons. The highest BCUT2D eigenvalue weighted by Crippen LogP contribution is 2.10. The fourth-order valence-electron chi connectivity index (χ4n) is 1.23. The average molecular weight is 242 g/mol. The van der Waals surface area contributed by atoms with E-state index < -0.39 is 0 Å². The van der Waals surface area contributed by atoms with Crippen LogP contribution in [0.25, 0.3) is 0 Å². The van der Waals surface area contributed by atoms with Crippen molar-refractivity contribution in [1.29, 1.82) is 0 Å². The molecule has 1 amide bonds. The fourth-order valence-corrected chi connectivity index (χ4v) is 1.99. The topological polar surface area (TPSA) is 41.6 Å². The molecule has 16 heavy (non-hydrogen) atoms. The minimum absolute atomic E-state index is 0.101. The Balaban J connectivity index is 2.20. The third kappa shape index (κ3) is 4.74. The zero-order chi connectivity index (χ0) is 11.8. The summed E-state index contributed by atoms with van der Waals surface area (Å²) in [5.41, 5.74) is 0. The molecule has 1 heterocycles. The fraction of sp³-hybridized carbons (Fsp3) is 0.545. The number of amides is 1. The van der Waals surface area contributed by atoms with Crippen molar-refractivity contribution in [3.05, 3.63) is 22.4 Å². The maximum absolute atomic E-state index is 11.7. The lowest BCUT2D eigenvalue weighted by molar-refractivity contribution is -0.129. The van der Waals surface area contributed by atoms with E-state index in [0.717, 1.165) is 0 Å². The van der Waals surface area contributed by atoms with E-state index in [-0.39, 0.29) is 5.91 Å². The lowest BCUT2D eigenvalue weighted by Crippen LogP contribution is -2.36. The molecule has 1 aromatic rings. The molecule has 1 rings (SSSR count). The van der Waals surface area contributed by atoms with E-state index in [1.165, 1.54) is 4.88 Å². The number of carbonyl (C=O) groups is 1. The molecule has 0 saturated carbocycles. The average Bonchev–Trinajstić information content (AvgIpc) is 2.76. The van der Waals surface area contributed by atoms with Crippen LogP contribution in [-0.2, 0) is 16.1 Å². The Bertz CT molecular complexity index is 301. The highest BCUT2D eigenvalue weighted by molar-refractivity contribution is 7.09.